The molecule has 0 aromatic carbocycles. The van der Waals surface area contributed by atoms with E-state index in [0.717, 1.165) is 0 Å². The molecule has 1 heterocycles. The number of hydrogen-bond donors (Lipinski definition) is 3. The molecule has 0 unspecified atom stereocenters. The SMILES string of the molecule is CC(C)NCc1ccc(S(=O)(=O)NCC(C)(C)CO)o1. The summed E-state index contributed by atoms with van der Waals surface area (Å²) in [6.45, 7) is 8.07. The average molecular weight is 304 g/mol. The fraction of sp³-hybridized carbons (Fsp3) is 0.692. The Kier molecular flexibility index (Phi) is 5.76. The van der Waals surface area contributed by atoms with E-state index in [4.69, 9.17) is 9.52 Å². The highest BCUT2D eigenvalue weighted by atomic mass is 32.2. The van der Waals surface area contributed by atoms with Gasteiger partial charge in [0.05, 0.1) is 6.54 Å². The molecular formula is C13H24N2O4S. The number of aliphatic hydroxyl groups excluding tert-OH is 1. The van der Waals surface area contributed by atoms with E-state index >= 15 is 0 Å². The van der Waals surface area contributed by atoms with Crippen LogP contribution in [0.2, 0.25) is 0 Å². The predicted molar refractivity (Wildman–Crippen MR) is 76.7 cm³/mol. The first-order valence-corrected chi connectivity index (χ1v) is 8.07. The van der Waals surface area contributed by atoms with Gasteiger partial charge in [0.2, 0.25) is 5.09 Å². The summed E-state index contributed by atoms with van der Waals surface area (Å²) in [7, 11) is -3.68. The van der Waals surface area contributed by atoms with Crippen LogP contribution in [-0.4, -0.2) is 32.7 Å². The van der Waals surface area contributed by atoms with E-state index in [1.54, 1.807) is 19.9 Å². The molecule has 0 fully saturated rings. The molecule has 20 heavy (non-hydrogen) atoms. The molecule has 0 radical (unpaired) electrons. The van der Waals surface area contributed by atoms with Crippen LogP contribution >= 0.6 is 0 Å². The Morgan fingerprint density at radius 2 is 2.00 bits per heavy atom. The van der Waals surface area contributed by atoms with Gasteiger partial charge in [-0.15, -0.1) is 0 Å². The number of hydrogen-bond acceptors (Lipinski definition) is 5. The van der Waals surface area contributed by atoms with Crippen LogP contribution in [0.3, 0.4) is 0 Å². The normalized spacial score (nSPS) is 13.1. The second kappa shape index (κ2) is 6.71. The number of furan rings is 1. The van der Waals surface area contributed by atoms with Gasteiger partial charge in [-0.2, -0.15) is 0 Å². The maximum atomic E-state index is 12.0. The molecule has 0 aliphatic rings. The molecule has 1 rings (SSSR count). The zero-order valence-corrected chi connectivity index (χ0v) is 13.3. The zero-order valence-electron chi connectivity index (χ0n) is 12.4. The minimum absolute atomic E-state index is 0.1000. The molecule has 0 amide bonds. The van der Waals surface area contributed by atoms with Crippen molar-refractivity contribution in [2.75, 3.05) is 13.2 Å². The monoisotopic (exact) mass is 304 g/mol. The van der Waals surface area contributed by atoms with Gasteiger partial charge in [0, 0.05) is 24.6 Å². The Hall–Kier alpha value is -0.890. The molecule has 0 bridgehead atoms. The van der Waals surface area contributed by atoms with Gasteiger partial charge in [-0.25, -0.2) is 13.1 Å². The van der Waals surface area contributed by atoms with E-state index in [9.17, 15) is 8.42 Å². The summed E-state index contributed by atoms with van der Waals surface area (Å²) in [6, 6.07) is 3.37. The van der Waals surface area contributed by atoms with Gasteiger partial charge in [-0.3, -0.25) is 0 Å². The highest BCUT2D eigenvalue weighted by Gasteiger charge is 2.23. The smallest absolute Gasteiger partial charge is 0.273 e. The number of rotatable bonds is 8. The van der Waals surface area contributed by atoms with Crippen molar-refractivity contribution in [1.82, 2.24) is 10.0 Å². The Balaban J connectivity index is 2.69. The van der Waals surface area contributed by atoms with Crippen LogP contribution in [0.4, 0.5) is 0 Å². The standard InChI is InChI=1S/C13H24N2O4S/c1-10(2)14-7-11-5-6-12(19-11)20(17,18)15-8-13(3,4)9-16/h5-6,10,14-16H,7-9H2,1-4H3. The summed E-state index contributed by atoms with van der Waals surface area (Å²) in [4.78, 5) is 0. The van der Waals surface area contributed by atoms with Gasteiger partial charge in [-0.05, 0) is 12.1 Å². The first kappa shape index (κ1) is 17.2. The Bertz CT molecular complexity index is 520. The van der Waals surface area contributed by atoms with Crippen molar-refractivity contribution in [2.45, 2.75) is 45.4 Å². The third-order valence-corrected chi connectivity index (χ3v) is 4.03. The summed E-state index contributed by atoms with van der Waals surface area (Å²) in [6.07, 6.45) is 0. The second-order valence-corrected chi connectivity index (χ2v) is 7.60. The van der Waals surface area contributed by atoms with Crippen LogP contribution in [0.1, 0.15) is 33.5 Å². The van der Waals surface area contributed by atoms with Crippen LogP contribution in [0.25, 0.3) is 0 Å². The van der Waals surface area contributed by atoms with Gasteiger partial charge in [0.1, 0.15) is 5.76 Å². The van der Waals surface area contributed by atoms with Gasteiger partial charge >= 0.3 is 0 Å². The van der Waals surface area contributed by atoms with E-state index in [1.807, 2.05) is 13.8 Å². The molecule has 0 atom stereocenters. The third-order valence-electron chi connectivity index (χ3n) is 2.76. The molecule has 0 saturated carbocycles. The van der Waals surface area contributed by atoms with Crippen molar-refractivity contribution in [2.24, 2.45) is 5.41 Å². The molecule has 0 aliphatic carbocycles. The lowest BCUT2D eigenvalue weighted by Gasteiger charge is -2.21. The maximum Gasteiger partial charge on any atom is 0.273 e. The van der Waals surface area contributed by atoms with Crippen molar-refractivity contribution < 1.29 is 17.9 Å². The van der Waals surface area contributed by atoms with Crippen molar-refractivity contribution in [3.05, 3.63) is 17.9 Å². The lowest BCUT2D eigenvalue weighted by molar-refractivity contribution is 0.163. The highest BCUT2D eigenvalue weighted by Crippen LogP contribution is 2.17. The van der Waals surface area contributed by atoms with Crippen LogP contribution < -0.4 is 10.0 Å². The molecule has 3 N–H and O–H groups in total. The topological polar surface area (TPSA) is 91.6 Å². The quantitative estimate of drug-likeness (QED) is 0.668. The predicted octanol–water partition coefficient (Wildman–Crippen LogP) is 1.07. The molecular weight excluding hydrogens is 280 g/mol. The molecule has 0 aliphatic heterocycles. The lowest BCUT2D eigenvalue weighted by atomic mass is 9.96. The summed E-state index contributed by atoms with van der Waals surface area (Å²) < 4.78 is 31.8. The van der Waals surface area contributed by atoms with Crippen LogP contribution in [0.5, 0.6) is 0 Å². The summed E-state index contributed by atoms with van der Waals surface area (Å²) in [5.41, 5.74) is -0.512. The zero-order chi connectivity index (χ0) is 15.4. The first-order valence-electron chi connectivity index (χ1n) is 6.59. The second-order valence-electron chi connectivity index (χ2n) is 5.90. The van der Waals surface area contributed by atoms with Gasteiger partial charge in [0.15, 0.2) is 0 Å². The molecule has 0 spiro atoms. The lowest BCUT2D eigenvalue weighted by Crippen LogP contribution is -2.35. The maximum absolute atomic E-state index is 12.0. The van der Waals surface area contributed by atoms with E-state index in [1.165, 1.54) is 6.07 Å². The Labute approximate surface area is 120 Å². The summed E-state index contributed by atoms with van der Waals surface area (Å²) in [5.74, 6) is 0.570. The van der Waals surface area contributed by atoms with Gasteiger partial charge < -0.3 is 14.8 Å². The largest absolute Gasteiger partial charge is 0.447 e. The minimum Gasteiger partial charge on any atom is -0.447 e. The summed E-state index contributed by atoms with van der Waals surface area (Å²) >= 11 is 0. The van der Waals surface area contributed by atoms with E-state index in [2.05, 4.69) is 10.0 Å². The van der Waals surface area contributed by atoms with Gasteiger partial charge in [-0.1, -0.05) is 27.7 Å². The van der Waals surface area contributed by atoms with Crippen molar-refractivity contribution in [1.29, 1.82) is 0 Å². The molecule has 0 saturated heterocycles. The fourth-order valence-corrected chi connectivity index (χ4v) is 2.51. The minimum atomic E-state index is -3.68. The summed E-state index contributed by atoms with van der Waals surface area (Å²) in [5, 5.41) is 12.2. The van der Waals surface area contributed by atoms with Gasteiger partial charge in [0.25, 0.3) is 10.0 Å². The number of nitrogens with one attached hydrogen (secondary N) is 2. The van der Waals surface area contributed by atoms with Crippen molar-refractivity contribution >= 4 is 10.0 Å². The van der Waals surface area contributed by atoms with Crippen molar-refractivity contribution in [3.63, 3.8) is 0 Å². The van der Waals surface area contributed by atoms with Crippen LogP contribution in [0, 0.1) is 5.41 Å². The molecule has 7 heteroatoms. The highest BCUT2D eigenvalue weighted by molar-refractivity contribution is 7.89. The Morgan fingerprint density at radius 1 is 1.35 bits per heavy atom. The van der Waals surface area contributed by atoms with Crippen molar-refractivity contribution in [3.8, 4) is 0 Å². The van der Waals surface area contributed by atoms with Crippen LogP contribution in [0.15, 0.2) is 21.6 Å². The van der Waals surface area contributed by atoms with E-state index in [0.29, 0.717) is 18.3 Å². The van der Waals surface area contributed by atoms with E-state index < -0.39 is 15.4 Å². The molecule has 1 aromatic heterocycles. The fourth-order valence-electron chi connectivity index (χ4n) is 1.32. The number of aliphatic hydroxyl groups is 1. The first-order chi connectivity index (χ1) is 9.16. The number of sulfonamides is 1. The Morgan fingerprint density at radius 3 is 2.55 bits per heavy atom. The van der Waals surface area contributed by atoms with Crippen LogP contribution in [-0.2, 0) is 16.6 Å². The van der Waals surface area contributed by atoms with E-state index in [-0.39, 0.29) is 18.2 Å². The molecule has 1 aromatic rings. The third kappa shape index (κ3) is 5.24. The molecule has 116 valence electrons. The molecule has 6 nitrogen and oxygen atoms in total. The average Bonchev–Trinajstić information content (AvgIpc) is 2.84.